The summed E-state index contributed by atoms with van der Waals surface area (Å²) in [5.74, 6) is 4.11. The van der Waals surface area contributed by atoms with Crippen molar-refractivity contribution in [2.24, 2.45) is 0 Å². The molecule has 0 amide bonds. The first kappa shape index (κ1) is 34.4. The molecule has 0 saturated heterocycles. The Morgan fingerprint density at radius 2 is 1.33 bits per heavy atom. The van der Waals surface area contributed by atoms with Crippen molar-refractivity contribution in [3.63, 3.8) is 0 Å². The first-order valence-electron chi connectivity index (χ1n) is 20.0. The van der Waals surface area contributed by atoms with Gasteiger partial charge in [0, 0.05) is 52.6 Å². The van der Waals surface area contributed by atoms with E-state index in [2.05, 4.69) is 109 Å². The zero-order valence-electron chi connectivity index (χ0n) is 32.1. The van der Waals surface area contributed by atoms with Crippen molar-refractivity contribution in [2.75, 3.05) is 7.11 Å². The van der Waals surface area contributed by atoms with Gasteiger partial charge in [0.25, 0.3) is 0 Å². The van der Waals surface area contributed by atoms with Gasteiger partial charge in [-0.15, -0.1) is 0 Å². The van der Waals surface area contributed by atoms with Gasteiger partial charge >= 0.3 is 0 Å². The van der Waals surface area contributed by atoms with Gasteiger partial charge in [0.15, 0.2) is 0 Å². The van der Waals surface area contributed by atoms with Gasteiger partial charge in [-0.25, -0.2) is 9.67 Å². The van der Waals surface area contributed by atoms with Crippen LogP contribution in [0.25, 0.3) is 44.4 Å². The number of hydrogen-bond acceptors (Lipinski definition) is 4. The van der Waals surface area contributed by atoms with E-state index in [1.807, 2.05) is 12.1 Å². The van der Waals surface area contributed by atoms with Crippen LogP contribution in [-0.4, -0.2) is 26.4 Å². The van der Waals surface area contributed by atoms with Crippen LogP contribution in [0.4, 0.5) is 0 Å². The maximum Gasteiger partial charge on any atom is 0.141 e. The van der Waals surface area contributed by atoms with Gasteiger partial charge in [-0.05, 0) is 105 Å². The minimum Gasteiger partial charge on any atom is -0.497 e. The van der Waals surface area contributed by atoms with Crippen molar-refractivity contribution < 1.29 is 9.47 Å². The zero-order valence-corrected chi connectivity index (χ0v) is 32.1. The number of nitrogens with zero attached hydrogens (tertiary/aromatic N) is 4. The summed E-state index contributed by atoms with van der Waals surface area (Å²) in [6.07, 6.45) is 14.4. The van der Waals surface area contributed by atoms with Crippen LogP contribution in [0.1, 0.15) is 104 Å². The number of rotatable bonds is 8. The molecule has 0 spiro atoms. The minimum atomic E-state index is 0.469. The molecule has 274 valence electrons. The molecule has 0 bridgehead atoms. The van der Waals surface area contributed by atoms with Gasteiger partial charge < -0.3 is 9.47 Å². The highest BCUT2D eigenvalue weighted by Crippen LogP contribution is 2.47. The molecule has 0 atom stereocenters. The highest BCUT2D eigenvalue weighted by Gasteiger charge is 2.33. The van der Waals surface area contributed by atoms with Crippen LogP contribution in [0.2, 0.25) is 0 Å². The molecule has 7 aromatic rings. The fraction of sp³-hybridized carbons (Fsp3) is 0.333. The quantitative estimate of drug-likeness (QED) is 0.157. The van der Waals surface area contributed by atoms with Crippen LogP contribution in [0.5, 0.6) is 17.2 Å². The molecule has 3 aromatic heterocycles. The second-order valence-corrected chi connectivity index (χ2v) is 15.7. The van der Waals surface area contributed by atoms with E-state index in [-0.39, 0.29) is 0 Å². The van der Waals surface area contributed by atoms with E-state index in [4.69, 9.17) is 19.6 Å². The van der Waals surface area contributed by atoms with E-state index in [1.165, 1.54) is 103 Å². The monoisotopic (exact) mass is 714 g/mol. The second-order valence-electron chi connectivity index (χ2n) is 15.7. The van der Waals surface area contributed by atoms with E-state index in [0.29, 0.717) is 11.8 Å². The second kappa shape index (κ2) is 14.5. The van der Waals surface area contributed by atoms with E-state index in [1.54, 1.807) is 13.3 Å². The van der Waals surface area contributed by atoms with Crippen molar-refractivity contribution in [3.05, 3.63) is 125 Å². The number of fused-ring (bicyclic) bond motifs is 3. The Hall–Kier alpha value is -5.36. The molecular weight excluding hydrogens is 665 g/mol. The molecule has 4 aromatic carbocycles. The zero-order chi connectivity index (χ0) is 36.8. The lowest BCUT2D eigenvalue weighted by Crippen LogP contribution is -2.12. The average Bonchev–Trinajstić information content (AvgIpc) is 3.75. The van der Waals surface area contributed by atoms with Crippen LogP contribution in [-0.2, 0) is 0 Å². The van der Waals surface area contributed by atoms with Gasteiger partial charge in [0.1, 0.15) is 23.1 Å². The summed E-state index contributed by atoms with van der Waals surface area (Å²) in [6.45, 7) is 6.74. The lowest BCUT2D eigenvalue weighted by molar-refractivity contribution is 0.414. The molecule has 2 fully saturated rings. The molecule has 6 heteroatoms. The first-order valence-corrected chi connectivity index (χ1v) is 20.0. The number of pyridine rings is 1. The number of aryl methyl sites for hydroxylation is 3. The minimum absolute atomic E-state index is 0.469. The third-order valence-corrected chi connectivity index (χ3v) is 12.0. The SMILES string of the molecule is COc1ccnc(-n2c3ccccc3c3ccc(Oc4cc(C)cc(-n5nc(C6CCCCC6)c(-c6c(C)cccc6C)c5C5CCCCC5)c4)cc32)c1. The van der Waals surface area contributed by atoms with Crippen LogP contribution in [0, 0.1) is 20.8 Å². The molecule has 9 rings (SSSR count). The van der Waals surface area contributed by atoms with Gasteiger partial charge in [-0.3, -0.25) is 4.57 Å². The van der Waals surface area contributed by atoms with Crippen molar-refractivity contribution in [2.45, 2.75) is 96.8 Å². The Kier molecular flexibility index (Phi) is 9.22. The molecule has 2 aliphatic carbocycles. The topological polar surface area (TPSA) is 54.1 Å². The number of hydrogen-bond donors (Lipinski definition) is 0. The van der Waals surface area contributed by atoms with Crippen LogP contribution >= 0.6 is 0 Å². The van der Waals surface area contributed by atoms with Crippen molar-refractivity contribution in [3.8, 4) is 39.9 Å². The van der Waals surface area contributed by atoms with E-state index in [9.17, 15) is 0 Å². The lowest BCUT2D eigenvalue weighted by Gasteiger charge is -2.26. The number of benzene rings is 4. The Morgan fingerprint density at radius 1 is 0.611 bits per heavy atom. The predicted molar refractivity (Wildman–Crippen MR) is 220 cm³/mol. The van der Waals surface area contributed by atoms with Gasteiger partial charge in [-0.1, -0.05) is 74.9 Å². The maximum absolute atomic E-state index is 6.82. The molecule has 2 aliphatic rings. The van der Waals surface area contributed by atoms with Crippen molar-refractivity contribution >= 4 is 21.8 Å². The first-order chi connectivity index (χ1) is 26.5. The summed E-state index contributed by atoms with van der Waals surface area (Å²) in [6, 6.07) is 32.1. The van der Waals surface area contributed by atoms with E-state index >= 15 is 0 Å². The molecule has 0 unspecified atom stereocenters. The predicted octanol–water partition coefficient (Wildman–Crippen LogP) is 12.9. The molecular formula is C48H50N4O2. The Balaban J connectivity index is 1.18. The molecule has 0 N–H and O–H groups in total. The van der Waals surface area contributed by atoms with Gasteiger partial charge in [0.05, 0.1) is 35.2 Å². The standard InChI is InChI=1S/C48H50N4O2/c1-31-26-36(52-48(35-18-9-6-10-19-35)46(45-32(2)14-13-15-33(45)3)47(50-52)34-16-7-5-8-17-34)28-39(27-31)54-38-22-23-41-40-20-11-12-21-42(40)51(43(41)29-38)44-30-37(53-4)24-25-49-44/h11-15,20-30,34-35H,5-10,16-19H2,1-4H3. The average molecular weight is 715 g/mol. The molecule has 2 saturated carbocycles. The lowest BCUT2D eigenvalue weighted by atomic mass is 9.79. The number of ether oxygens (including phenoxy) is 2. The highest BCUT2D eigenvalue weighted by molar-refractivity contribution is 6.09. The van der Waals surface area contributed by atoms with Crippen LogP contribution < -0.4 is 9.47 Å². The fourth-order valence-corrected chi connectivity index (χ4v) is 9.48. The number of aromatic nitrogens is 4. The maximum atomic E-state index is 6.82. The summed E-state index contributed by atoms with van der Waals surface area (Å²) in [5.41, 5.74) is 12.5. The Morgan fingerprint density at radius 3 is 2.09 bits per heavy atom. The normalized spacial score (nSPS) is 15.6. The number of para-hydroxylation sites is 1. The fourth-order valence-electron chi connectivity index (χ4n) is 9.48. The molecule has 3 heterocycles. The van der Waals surface area contributed by atoms with Crippen molar-refractivity contribution in [1.82, 2.24) is 19.3 Å². The van der Waals surface area contributed by atoms with Crippen LogP contribution in [0.15, 0.2) is 97.2 Å². The molecule has 0 aliphatic heterocycles. The van der Waals surface area contributed by atoms with E-state index in [0.717, 1.165) is 50.7 Å². The summed E-state index contributed by atoms with van der Waals surface area (Å²) in [4.78, 5) is 4.75. The third kappa shape index (κ3) is 6.25. The van der Waals surface area contributed by atoms with E-state index < -0.39 is 0 Å². The largest absolute Gasteiger partial charge is 0.497 e. The highest BCUT2D eigenvalue weighted by atomic mass is 16.5. The number of methoxy groups -OCH3 is 1. The molecule has 0 radical (unpaired) electrons. The smallest absolute Gasteiger partial charge is 0.141 e. The van der Waals surface area contributed by atoms with Gasteiger partial charge in [-0.2, -0.15) is 5.10 Å². The third-order valence-electron chi connectivity index (χ3n) is 12.0. The molecule has 6 nitrogen and oxygen atoms in total. The molecule has 54 heavy (non-hydrogen) atoms. The van der Waals surface area contributed by atoms with Gasteiger partial charge in [0.2, 0.25) is 0 Å². The Labute approximate surface area is 318 Å². The van der Waals surface area contributed by atoms with Crippen molar-refractivity contribution in [1.29, 1.82) is 0 Å². The summed E-state index contributed by atoms with van der Waals surface area (Å²) in [5, 5.41) is 8.01. The summed E-state index contributed by atoms with van der Waals surface area (Å²) < 4.78 is 16.9. The Bertz CT molecular complexity index is 2460. The van der Waals surface area contributed by atoms with Crippen LogP contribution in [0.3, 0.4) is 0 Å². The summed E-state index contributed by atoms with van der Waals surface area (Å²) in [7, 11) is 1.69. The summed E-state index contributed by atoms with van der Waals surface area (Å²) >= 11 is 0.